The fourth-order valence-corrected chi connectivity index (χ4v) is 3.30. The molecule has 0 saturated heterocycles. The van der Waals surface area contributed by atoms with Crippen LogP contribution in [0.25, 0.3) is 10.1 Å². The molecule has 4 heteroatoms. The van der Waals surface area contributed by atoms with E-state index in [-0.39, 0.29) is 0 Å². The number of benzene rings is 2. The minimum atomic E-state index is -0.876. The van der Waals surface area contributed by atoms with Crippen LogP contribution in [0.1, 0.15) is 17.2 Å². The Balaban J connectivity index is 1.98. The second-order valence-electron chi connectivity index (χ2n) is 4.97. The monoisotopic (exact) mass is 297 g/mol. The molecule has 0 aliphatic carbocycles. The molecule has 0 fully saturated rings. The molecule has 0 bridgehead atoms. The third kappa shape index (κ3) is 2.76. The van der Waals surface area contributed by atoms with Gasteiger partial charge in [-0.1, -0.05) is 35.9 Å². The number of fused-ring (bicyclic) bond motifs is 1. The van der Waals surface area contributed by atoms with Crippen LogP contribution in [0.5, 0.6) is 0 Å². The van der Waals surface area contributed by atoms with Crippen LogP contribution in [0, 0.1) is 6.92 Å². The Labute approximate surface area is 126 Å². The van der Waals surface area contributed by atoms with E-state index in [2.05, 4.69) is 5.32 Å². The van der Waals surface area contributed by atoms with E-state index in [1.54, 1.807) is 11.3 Å². The molecule has 0 spiro atoms. The van der Waals surface area contributed by atoms with Crippen molar-refractivity contribution in [3.05, 3.63) is 65.0 Å². The van der Waals surface area contributed by atoms with Crippen molar-refractivity contribution in [3.8, 4) is 0 Å². The lowest BCUT2D eigenvalue weighted by Gasteiger charge is -2.15. The van der Waals surface area contributed by atoms with Crippen molar-refractivity contribution < 1.29 is 9.90 Å². The lowest BCUT2D eigenvalue weighted by molar-refractivity contribution is -0.138. The number of hydrogen-bond acceptors (Lipinski definition) is 3. The van der Waals surface area contributed by atoms with Crippen LogP contribution in [-0.2, 0) is 4.79 Å². The number of anilines is 1. The van der Waals surface area contributed by atoms with Crippen LogP contribution in [0.2, 0.25) is 0 Å². The smallest absolute Gasteiger partial charge is 0.330 e. The lowest BCUT2D eigenvalue weighted by atomic mass is 10.1. The van der Waals surface area contributed by atoms with Crippen LogP contribution in [0.15, 0.2) is 53.9 Å². The third-order valence-corrected chi connectivity index (χ3v) is 4.41. The fraction of sp³-hybridized carbons (Fsp3) is 0.118. The molecule has 1 heterocycles. The SMILES string of the molecule is Cc1ccc(NC(C(=O)O)c2csc3ccccc23)cc1. The Morgan fingerprint density at radius 2 is 1.86 bits per heavy atom. The summed E-state index contributed by atoms with van der Waals surface area (Å²) in [6, 6.07) is 14.9. The number of hydrogen-bond donors (Lipinski definition) is 2. The molecular weight excluding hydrogens is 282 g/mol. The van der Waals surface area contributed by atoms with E-state index in [4.69, 9.17) is 0 Å². The van der Waals surface area contributed by atoms with E-state index in [9.17, 15) is 9.90 Å². The summed E-state index contributed by atoms with van der Waals surface area (Å²) in [5.41, 5.74) is 2.76. The highest BCUT2D eigenvalue weighted by Crippen LogP contribution is 2.32. The van der Waals surface area contributed by atoms with Crippen molar-refractivity contribution in [2.45, 2.75) is 13.0 Å². The largest absolute Gasteiger partial charge is 0.479 e. The molecule has 2 N–H and O–H groups in total. The van der Waals surface area contributed by atoms with Crippen LogP contribution >= 0.6 is 11.3 Å². The maximum absolute atomic E-state index is 11.7. The number of carbonyl (C=O) groups is 1. The molecule has 2 aromatic carbocycles. The summed E-state index contributed by atoms with van der Waals surface area (Å²) < 4.78 is 1.10. The summed E-state index contributed by atoms with van der Waals surface area (Å²) >= 11 is 1.57. The first-order valence-corrected chi connectivity index (χ1v) is 7.55. The quantitative estimate of drug-likeness (QED) is 0.748. The van der Waals surface area contributed by atoms with Gasteiger partial charge in [-0.2, -0.15) is 0 Å². The average Bonchev–Trinajstić information content (AvgIpc) is 2.90. The van der Waals surface area contributed by atoms with Crippen molar-refractivity contribution in [2.75, 3.05) is 5.32 Å². The first-order chi connectivity index (χ1) is 10.1. The molecule has 0 radical (unpaired) electrons. The van der Waals surface area contributed by atoms with Crippen molar-refractivity contribution in [3.63, 3.8) is 0 Å². The number of rotatable bonds is 4. The Hall–Kier alpha value is -2.33. The lowest BCUT2D eigenvalue weighted by Crippen LogP contribution is -2.20. The highest BCUT2D eigenvalue weighted by molar-refractivity contribution is 7.17. The minimum absolute atomic E-state index is 0.746. The number of aryl methyl sites for hydroxylation is 1. The second-order valence-corrected chi connectivity index (χ2v) is 5.88. The van der Waals surface area contributed by atoms with Gasteiger partial charge in [0, 0.05) is 16.0 Å². The van der Waals surface area contributed by atoms with E-state index in [0.29, 0.717) is 0 Å². The number of carboxylic acid groups (broad SMARTS) is 1. The Kier molecular flexibility index (Phi) is 3.62. The summed E-state index contributed by atoms with van der Waals surface area (Å²) in [7, 11) is 0. The molecule has 1 unspecified atom stereocenters. The van der Waals surface area contributed by atoms with E-state index in [1.165, 1.54) is 0 Å². The van der Waals surface area contributed by atoms with Crippen molar-refractivity contribution in [1.29, 1.82) is 0 Å². The van der Waals surface area contributed by atoms with E-state index < -0.39 is 12.0 Å². The number of carboxylic acids is 1. The van der Waals surface area contributed by atoms with Gasteiger partial charge in [0.1, 0.15) is 0 Å². The molecule has 106 valence electrons. The van der Waals surface area contributed by atoms with Gasteiger partial charge in [0.05, 0.1) is 0 Å². The molecule has 0 amide bonds. The fourth-order valence-electron chi connectivity index (χ4n) is 2.31. The van der Waals surface area contributed by atoms with Gasteiger partial charge < -0.3 is 10.4 Å². The number of aliphatic carboxylic acids is 1. The van der Waals surface area contributed by atoms with E-state index in [1.807, 2.05) is 60.8 Å². The van der Waals surface area contributed by atoms with Gasteiger partial charge in [-0.05, 0) is 35.9 Å². The molecule has 3 rings (SSSR count). The molecule has 0 saturated carbocycles. The zero-order chi connectivity index (χ0) is 14.8. The van der Waals surface area contributed by atoms with Gasteiger partial charge in [0.25, 0.3) is 0 Å². The Bertz CT molecular complexity index is 777. The van der Waals surface area contributed by atoms with Gasteiger partial charge in [-0.3, -0.25) is 0 Å². The molecule has 0 aliphatic rings. The second kappa shape index (κ2) is 5.58. The van der Waals surface area contributed by atoms with Crippen LogP contribution in [0.3, 0.4) is 0 Å². The Morgan fingerprint density at radius 1 is 1.14 bits per heavy atom. The molecule has 1 aromatic heterocycles. The maximum atomic E-state index is 11.7. The van der Waals surface area contributed by atoms with Crippen molar-refractivity contribution in [2.24, 2.45) is 0 Å². The molecule has 3 aromatic rings. The summed E-state index contributed by atoms with van der Waals surface area (Å²) in [6.45, 7) is 2.00. The molecule has 21 heavy (non-hydrogen) atoms. The highest BCUT2D eigenvalue weighted by atomic mass is 32.1. The summed E-state index contributed by atoms with van der Waals surface area (Å²) in [5.74, 6) is -0.876. The van der Waals surface area contributed by atoms with Crippen LogP contribution in [0.4, 0.5) is 5.69 Å². The zero-order valence-corrected chi connectivity index (χ0v) is 12.4. The average molecular weight is 297 g/mol. The number of thiophene rings is 1. The minimum Gasteiger partial charge on any atom is -0.479 e. The third-order valence-electron chi connectivity index (χ3n) is 3.43. The summed E-state index contributed by atoms with van der Waals surface area (Å²) in [4.78, 5) is 11.7. The van der Waals surface area contributed by atoms with Gasteiger partial charge in [0.15, 0.2) is 6.04 Å². The standard InChI is InChI=1S/C17H15NO2S/c1-11-6-8-12(9-7-11)18-16(17(19)20)14-10-21-15-5-3-2-4-13(14)15/h2-10,16,18H,1H3,(H,19,20). The first kappa shape index (κ1) is 13.6. The van der Waals surface area contributed by atoms with Crippen molar-refractivity contribution >= 4 is 33.1 Å². The maximum Gasteiger partial charge on any atom is 0.330 e. The van der Waals surface area contributed by atoms with Crippen LogP contribution in [-0.4, -0.2) is 11.1 Å². The predicted octanol–water partition coefficient (Wildman–Crippen LogP) is 4.45. The van der Waals surface area contributed by atoms with Gasteiger partial charge in [-0.25, -0.2) is 4.79 Å². The first-order valence-electron chi connectivity index (χ1n) is 6.67. The van der Waals surface area contributed by atoms with Gasteiger partial charge in [0.2, 0.25) is 0 Å². The van der Waals surface area contributed by atoms with Gasteiger partial charge in [-0.15, -0.1) is 11.3 Å². The number of nitrogens with one attached hydrogen (secondary N) is 1. The predicted molar refractivity (Wildman–Crippen MR) is 87.0 cm³/mol. The van der Waals surface area contributed by atoms with E-state index >= 15 is 0 Å². The van der Waals surface area contributed by atoms with Crippen LogP contribution < -0.4 is 5.32 Å². The van der Waals surface area contributed by atoms with E-state index in [0.717, 1.165) is 26.9 Å². The molecular formula is C17H15NO2S. The molecule has 3 nitrogen and oxygen atoms in total. The summed E-state index contributed by atoms with van der Waals surface area (Å²) in [6.07, 6.45) is 0. The highest BCUT2D eigenvalue weighted by Gasteiger charge is 2.22. The topological polar surface area (TPSA) is 49.3 Å². The van der Waals surface area contributed by atoms with Gasteiger partial charge >= 0.3 is 5.97 Å². The molecule has 1 atom stereocenters. The van der Waals surface area contributed by atoms with Crippen molar-refractivity contribution in [1.82, 2.24) is 0 Å². The zero-order valence-electron chi connectivity index (χ0n) is 11.5. The summed E-state index contributed by atoms with van der Waals surface area (Å²) in [5, 5.41) is 15.6. The molecule has 0 aliphatic heterocycles. The Morgan fingerprint density at radius 3 is 2.57 bits per heavy atom. The normalized spacial score (nSPS) is 12.2.